The number of hydrazine groups is 1. The van der Waals surface area contributed by atoms with E-state index in [1.165, 1.54) is 13.0 Å². The van der Waals surface area contributed by atoms with Gasteiger partial charge in [-0.25, -0.2) is 0 Å². The van der Waals surface area contributed by atoms with Crippen molar-refractivity contribution in [3.8, 4) is 0 Å². The third-order valence-corrected chi connectivity index (χ3v) is 2.70. The topological polar surface area (TPSA) is 79.2 Å². The van der Waals surface area contributed by atoms with Crippen LogP contribution in [0.5, 0.6) is 0 Å². The number of anilines is 1. The van der Waals surface area contributed by atoms with Gasteiger partial charge >= 0.3 is 6.18 Å². The molecule has 0 aromatic heterocycles. The van der Waals surface area contributed by atoms with Crippen molar-refractivity contribution < 1.29 is 18.0 Å². The number of amides is 1. The van der Waals surface area contributed by atoms with Crippen LogP contribution in [0.2, 0.25) is 5.02 Å². The molecule has 1 amide bonds. The van der Waals surface area contributed by atoms with E-state index in [0.29, 0.717) is 5.70 Å². The molecule has 0 atom stereocenters. The number of carbonyl (C=O) groups excluding carboxylic acids is 1. The van der Waals surface area contributed by atoms with Gasteiger partial charge in [-0.15, -0.1) is 0 Å². The van der Waals surface area contributed by atoms with E-state index < -0.39 is 22.7 Å². The second-order valence-corrected chi connectivity index (χ2v) is 4.97. The summed E-state index contributed by atoms with van der Waals surface area (Å²) in [6.45, 7) is 1.54. The summed E-state index contributed by atoms with van der Waals surface area (Å²) in [6, 6.07) is 3.08. The third-order valence-electron chi connectivity index (χ3n) is 2.27. The van der Waals surface area contributed by atoms with Crippen molar-refractivity contribution in [2.45, 2.75) is 13.1 Å². The zero-order chi connectivity index (χ0) is 16.9. The number of nitrogens with two attached hydrogens (primary N) is 1. The minimum absolute atomic E-state index is 0.0271. The maximum absolute atomic E-state index is 12.7. The molecule has 0 radical (unpaired) electrons. The summed E-state index contributed by atoms with van der Waals surface area (Å²) < 4.78 is 38.1. The average molecular weight is 353 g/mol. The summed E-state index contributed by atoms with van der Waals surface area (Å²) in [4.78, 5) is 11.7. The summed E-state index contributed by atoms with van der Waals surface area (Å²) in [5, 5.41) is 1.82. The number of thiocarbonyl (C=S) groups is 1. The predicted octanol–water partition coefficient (Wildman–Crippen LogP) is 2.54. The molecule has 0 spiro atoms. The van der Waals surface area contributed by atoms with E-state index >= 15 is 0 Å². The Morgan fingerprint density at radius 2 is 2.00 bits per heavy atom. The van der Waals surface area contributed by atoms with Crippen molar-refractivity contribution in [3.05, 3.63) is 40.6 Å². The summed E-state index contributed by atoms with van der Waals surface area (Å²) in [5.74, 6) is -0.634. The van der Waals surface area contributed by atoms with Crippen LogP contribution in [-0.2, 0) is 11.0 Å². The van der Waals surface area contributed by atoms with Crippen molar-refractivity contribution in [1.29, 1.82) is 0 Å². The van der Waals surface area contributed by atoms with Gasteiger partial charge in [-0.05, 0) is 37.3 Å². The van der Waals surface area contributed by atoms with Crippen LogP contribution < -0.4 is 21.9 Å². The average Bonchev–Trinajstić information content (AvgIpc) is 2.37. The fourth-order valence-electron chi connectivity index (χ4n) is 1.39. The lowest BCUT2D eigenvalue weighted by Gasteiger charge is -2.11. The molecule has 22 heavy (non-hydrogen) atoms. The lowest BCUT2D eigenvalue weighted by Crippen LogP contribution is -2.39. The van der Waals surface area contributed by atoms with E-state index in [1.54, 1.807) is 0 Å². The van der Waals surface area contributed by atoms with Crippen LogP contribution >= 0.6 is 23.8 Å². The number of alkyl halides is 3. The van der Waals surface area contributed by atoms with Crippen molar-refractivity contribution in [2.75, 3.05) is 5.32 Å². The third kappa shape index (κ3) is 5.78. The molecule has 0 aliphatic rings. The minimum atomic E-state index is -4.61. The molecule has 0 bridgehead atoms. The highest BCUT2D eigenvalue weighted by Crippen LogP contribution is 2.36. The fraction of sp³-hybridized carbons (Fsp3) is 0.167. The van der Waals surface area contributed by atoms with Gasteiger partial charge in [0.1, 0.15) is 0 Å². The molecule has 5 nitrogen and oxygen atoms in total. The van der Waals surface area contributed by atoms with Gasteiger partial charge in [0.25, 0.3) is 0 Å². The van der Waals surface area contributed by atoms with Crippen LogP contribution in [-0.4, -0.2) is 11.0 Å². The summed E-state index contributed by atoms with van der Waals surface area (Å²) in [5.41, 5.74) is 9.40. The Morgan fingerprint density at radius 1 is 1.36 bits per heavy atom. The number of benzene rings is 1. The first-order valence-corrected chi connectivity index (χ1v) is 6.55. The molecule has 1 aromatic carbocycles. The minimum Gasteiger partial charge on any atom is -0.375 e. The lowest BCUT2D eigenvalue weighted by atomic mass is 10.2. The van der Waals surface area contributed by atoms with Crippen molar-refractivity contribution in [2.24, 2.45) is 5.73 Å². The van der Waals surface area contributed by atoms with Crippen LogP contribution in [0, 0.1) is 0 Å². The molecule has 0 unspecified atom stereocenters. The largest absolute Gasteiger partial charge is 0.417 e. The Bertz CT molecular complexity index is 619. The summed E-state index contributed by atoms with van der Waals surface area (Å²) in [6.07, 6.45) is -3.49. The monoisotopic (exact) mass is 352 g/mol. The van der Waals surface area contributed by atoms with Crippen LogP contribution in [0.25, 0.3) is 0 Å². The number of carbonyl (C=O) groups is 1. The number of rotatable bonds is 4. The quantitative estimate of drug-likeness (QED) is 0.380. The zero-order valence-electron chi connectivity index (χ0n) is 11.2. The molecule has 1 aromatic rings. The second kappa shape index (κ2) is 7.32. The number of halogens is 4. The van der Waals surface area contributed by atoms with Crippen molar-refractivity contribution in [1.82, 2.24) is 10.9 Å². The molecular weight excluding hydrogens is 341 g/mol. The SMILES string of the molecule is C/C(=C/C(=O)Nc1ccc(Cl)c(C(F)(F)F)c1)NNC(N)=S. The normalized spacial score (nSPS) is 11.8. The van der Waals surface area contributed by atoms with Gasteiger partial charge in [-0.3, -0.25) is 10.2 Å². The number of allylic oxidation sites excluding steroid dienone is 1. The molecular formula is C12H12ClF3N4OS. The molecule has 0 aliphatic heterocycles. The van der Waals surface area contributed by atoms with Crippen LogP contribution in [0.3, 0.4) is 0 Å². The number of nitrogens with one attached hydrogen (secondary N) is 3. The Kier molecular flexibility index (Phi) is 6.01. The van der Waals surface area contributed by atoms with Gasteiger partial charge < -0.3 is 16.5 Å². The maximum Gasteiger partial charge on any atom is 0.417 e. The van der Waals surface area contributed by atoms with Crippen molar-refractivity contribution >= 4 is 40.5 Å². The Labute approximate surface area is 134 Å². The summed E-state index contributed by atoms with van der Waals surface area (Å²) in [7, 11) is 0. The summed E-state index contributed by atoms with van der Waals surface area (Å²) >= 11 is 10.0. The maximum atomic E-state index is 12.7. The molecule has 0 fully saturated rings. The fourth-order valence-corrected chi connectivity index (χ4v) is 1.67. The number of hydrogen-bond acceptors (Lipinski definition) is 3. The van der Waals surface area contributed by atoms with E-state index in [0.717, 1.165) is 18.2 Å². The molecule has 0 heterocycles. The van der Waals surface area contributed by atoms with Gasteiger partial charge in [0.15, 0.2) is 5.11 Å². The van der Waals surface area contributed by atoms with Gasteiger partial charge in [0.05, 0.1) is 10.6 Å². The zero-order valence-corrected chi connectivity index (χ0v) is 12.8. The molecule has 0 saturated heterocycles. The molecule has 0 saturated carbocycles. The smallest absolute Gasteiger partial charge is 0.375 e. The van der Waals surface area contributed by atoms with E-state index in [4.69, 9.17) is 17.3 Å². The molecule has 0 aliphatic carbocycles. The molecule has 10 heteroatoms. The Morgan fingerprint density at radius 3 is 2.55 bits per heavy atom. The first kappa shape index (κ1) is 18.1. The number of hydrogen-bond donors (Lipinski definition) is 4. The first-order chi connectivity index (χ1) is 10.1. The lowest BCUT2D eigenvalue weighted by molar-refractivity contribution is -0.137. The van der Waals surface area contributed by atoms with Crippen LogP contribution in [0.1, 0.15) is 12.5 Å². The molecule has 120 valence electrons. The van der Waals surface area contributed by atoms with Gasteiger partial charge in [-0.1, -0.05) is 11.6 Å². The van der Waals surface area contributed by atoms with Crippen molar-refractivity contribution in [3.63, 3.8) is 0 Å². The molecule has 1 rings (SSSR count). The van der Waals surface area contributed by atoms with Crippen LogP contribution in [0.4, 0.5) is 18.9 Å². The van der Waals surface area contributed by atoms with E-state index in [1.807, 2.05) is 0 Å². The molecule has 5 N–H and O–H groups in total. The van der Waals surface area contributed by atoms with Gasteiger partial charge in [0.2, 0.25) is 5.91 Å². The second-order valence-electron chi connectivity index (χ2n) is 4.12. The van der Waals surface area contributed by atoms with E-state index in [9.17, 15) is 18.0 Å². The first-order valence-electron chi connectivity index (χ1n) is 5.77. The standard InChI is InChI=1S/C12H12ClF3N4OS/c1-6(19-20-11(17)22)4-10(21)18-7-2-3-9(13)8(5-7)12(14,15)16/h2-5,19H,1H3,(H,18,21)(H3,17,20,22)/b6-4-. The van der Waals surface area contributed by atoms with Gasteiger partial charge in [-0.2, -0.15) is 13.2 Å². The Hall–Kier alpha value is -2.00. The predicted molar refractivity (Wildman–Crippen MR) is 81.9 cm³/mol. The van der Waals surface area contributed by atoms with E-state index in [2.05, 4.69) is 28.4 Å². The highest BCUT2D eigenvalue weighted by atomic mass is 35.5. The highest BCUT2D eigenvalue weighted by Gasteiger charge is 2.33. The van der Waals surface area contributed by atoms with Gasteiger partial charge in [0, 0.05) is 17.5 Å². The van der Waals surface area contributed by atoms with Crippen LogP contribution in [0.15, 0.2) is 30.0 Å². The van der Waals surface area contributed by atoms with E-state index in [-0.39, 0.29) is 10.8 Å². The Balaban J connectivity index is 2.81. The highest BCUT2D eigenvalue weighted by molar-refractivity contribution is 7.80.